The van der Waals surface area contributed by atoms with Crippen molar-refractivity contribution in [1.29, 1.82) is 0 Å². The van der Waals surface area contributed by atoms with Crippen molar-refractivity contribution in [1.82, 2.24) is 0 Å². The Balaban J connectivity index is 0. The van der Waals surface area contributed by atoms with Gasteiger partial charge in [0.2, 0.25) is 0 Å². The van der Waals surface area contributed by atoms with Gasteiger partial charge < -0.3 is 6.92 Å². The number of allylic oxidation sites excluding steroid dienone is 4. The summed E-state index contributed by atoms with van der Waals surface area (Å²) in [5.74, 6) is 0. The van der Waals surface area contributed by atoms with E-state index in [9.17, 15) is 0 Å². The monoisotopic (exact) mass is 174 g/mol. The maximum atomic E-state index is 3.49. The molecule has 0 fully saturated rings. The van der Waals surface area contributed by atoms with Crippen LogP contribution in [-0.4, -0.2) is 23.1 Å². The molecule has 0 amide bonds. The molecule has 0 spiro atoms. The van der Waals surface area contributed by atoms with Crippen molar-refractivity contribution in [3.8, 4) is 0 Å². The van der Waals surface area contributed by atoms with Gasteiger partial charge in [0.25, 0.3) is 0 Å². The first kappa shape index (κ1) is 14.8. The van der Waals surface area contributed by atoms with Crippen LogP contribution in [0.3, 0.4) is 0 Å². The average Bonchev–Trinajstić information content (AvgIpc) is 2.42. The predicted molar refractivity (Wildman–Crippen MR) is 56.8 cm³/mol. The minimum Gasteiger partial charge on any atom is -0.344 e. The van der Waals surface area contributed by atoms with Crippen molar-refractivity contribution in [2.24, 2.45) is 0 Å². The zero-order valence-corrected chi connectivity index (χ0v) is 9.81. The fourth-order valence-corrected chi connectivity index (χ4v) is 0.891. The van der Waals surface area contributed by atoms with Gasteiger partial charge in [-0.15, -0.1) is 6.42 Å². The summed E-state index contributed by atoms with van der Waals surface area (Å²) in [6, 6.07) is 0. The smallest absolute Gasteiger partial charge is 0.344 e. The summed E-state index contributed by atoms with van der Waals surface area (Å²) in [5, 5.41) is 0. The number of hydrogen-bond donors (Lipinski definition) is 0. The quantitative estimate of drug-likeness (QED) is 0.445. The molecule has 0 aliphatic heterocycles. The van der Waals surface area contributed by atoms with Gasteiger partial charge in [0.05, 0.1) is 0 Å². The van der Waals surface area contributed by atoms with Crippen LogP contribution in [0.2, 0.25) is 0 Å². The third kappa shape index (κ3) is 8.34. The molecule has 0 N–H and O–H groups in total. The van der Waals surface area contributed by atoms with Gasteiger partial charge in [-0.25, -0.2) is 11.6 Å². The van der Waals surface area contributed by atoms with Gasteiger partial charge >= 0.3 is 23.1 Å². The normalized spacial score (nSPS) is 12.8. The fourth-order valence-electron chi connectivity index (χ4n) is 0.891. The first-order chi connectivity index (χ1) is 5.35. The van der Waals surface area contributed by atoms with Gasteiger partial charge in [-0.05, 0) is 0 Å². The van der Waals surface area contributed by atoms with E-state index in [4.69, 9.17) is 0 Å². The van der Waals surface area contributed by atoms with Crippen molar-refractivity contribution in [3.63, 3.8) is 0 Å². The van der Waals surface area contributed by atoms with E-state index in [-0.39, 0.29) is 23.1 Å². The molecular weight excluding hydrogens is 156 g/mol. The maximum Gasteiger partial charge on any atom is 2.00 e. The van der Waals surface area contributed by atoms with E-state index in [0.717, 1.165) is 12.8 Å². The van der Waals surface area contributed by atoms with E-state index in [1.165, 1.54) is 18.4 Å². The molecule has 0 radical (unpaired) electrons. The van der Waals surface area contributed by atoms with Crippen LogP contribution in [0.4, 0.5) is 0 Å². The van der Waals surface area contributed by atoms with E-state index in [0.29, 0.717) is 0 Å². The molecule has 0 saturated heterocycles. The fraction of sp³-hybridized carbons (Fsp3) is 0.545. The molecule has 0 heterocycles. The summed E-state index contributed by atoms with van der Waals surface area (Å²) < 4.78 is 0. The largest absolute Gasteiger partial charge is 2.00 e. The maximum absolute atomic E-state index is 3.49. The van der Waals surface area contributed by atoms with E-state index >= 15 is 0 Å². The molecule has 0 unspecified atom stereocenters. The summed E-state index contributed by atoms with van der Waals surface area (Å²) in [7, 11) is 0. The number of rotatable bonds is 2. The topological polar surface area (TPSA) is 0 Å². The zero-order valence-electron chi connectivity index (χ0n) is 8.40. The summed E-state index contributed by atoms with van der Waals surface area (Å²) in [5.41, 5.74) is 1.40. The van der Waals surface area contributed by atoms with Crippen LogP contribution in [0.15, 0.2) is 17.7 Å². The molecule has 1 heteroatoms. The van der Waals surface area contributed by atoms with Crippen molar-refractivity contribution in [2.45, 2.75) is 39.5 Å². The second-order valence-corrected chi connectivity index (χ2v) is 2.56. The van der Waals surface area contributed by atoms with Crippen molar-refractivity contribution >= 4 is 23.1 Å². The molecule has 1 aliphatic carbocycles. The molecule has 1 rings (SSSR count). The second-order valence-electron chi connectivity index (χ2n) is 2.56. The predicted octanol–water partition coefficient (Wildman–Crippen LogP) is 3.33. The van der Waals surface area contributed by atoms with E-state index in [1.807, 2.05) is 6.92 Å². The summed E-state index contributed by atoms with van der Waals surface area (Å²) in [6.45, 7) is 7.70. The average molecular weight is 175 g/mol. The molecule has 0 aromatic rings. The Morgan fingerprint density at radius 1 is 1.50 bits per heavy atom. The van der Waals surface area contributed by atoms with Crippen LogP contribution in [0, 0.1) is 13.0 Å². The minimum absolute atomic E-state index is 0. The van der Waals surface area contributed by atoms with Gasteiger partial charge in [0.15, 0.2) is 0 Å². The third-order valence-corrected chi connectivity index (χ3v) is 1.29. The Hall–Kier alpha value is 0.246. The molecule has 0 nitrogen and oxygen atoms in total. The molecule has 64 valence electrons. The Morgan fingerprint density at radius 2 is 2.08 bits per heavy atom. The SMILES string of the molecule is CCCC1=[C-]CC=C1.[CH2-]CC.[Mg+2]. The van der Waals surface area contributed by atoms with Crippen molar-refractivity contribution < 1.29 is 0 Å². The van der Waals surface area contributed by atoms with Gasteiger partial charge in [0, 0.05) is 0 Å². The molecule has 0 atom stereocenters. The van der Waals surface area contributed by atoms with Crippen LogP contribution < -0.4 is 0 Å². The summed E-state index contributed by atoms with van der Waals surface area (Å²) in [6.07, 6.45) is 12.1. The van der Waals surface area contributed by atoms with E-state index in [1.54, 1.807) is 0 Å². The van der Waals surface area contributed by atoms with Crippen LogP contribution >= 0.6 is 0 Å². The molecule has 0 saturated carbocycles. The standard InChI is InChI=1S/C8H11.C3H7.Mg/c1-2-5-8-6-3-4-7-8;1-3-2;/h3,6H,2,4-5H2,1H3;1,3H2,2H3;/q2*-1;+2. The van der Waals surface area contributed by atoms with Crippen LogP contribution in [0.25, 0.3) is 0 Å². The zero-order chi connectivity index (χ0) is 8.53. The number of hydrogen-bond acceptors (Lipinski definition) is 0. The van der Waals surface area contributed by atoms with Crippen LogP contribution in [-0.2, 0) is 0 Å². The first-order valence-corrected chi connectivity index (χ1v) is 4.40. The van der Waals surface area contributed by atoms with Crippen LogP contribution in [0.1, 0.15) is 39.5 Å². The Kier molecular flexibility index (Phi) is 13.8. The second kappa shape index (κ2) is 11.2. The van der Waals surface area contributed by atoms with Gasteiger partial charge in [-0.2, -0.15) is 12.5 Å². The summed E-state index contributed by atoms with van der Waals surface area (Å²) >= 11 is 0. The molecular formula is C11H18Mg. The minimum atomic E-state index is 0. The molecule has 0 aromatic carbocycles. The van der Waals surface area contributed by atoms with Gasteiger partial charge in [-0.1, -0.05) is 26.7 Å². The molecule has 12 heavy (non-hydrogen) atoms. The summed E-state index contributed by atoms with van der Waals surface area (Å²) in [4.78, 5) is 0. The van der Waals surface area contributed by atoms with Gasteiger partial charge in [-0.3, -0.25) is 6.08 Å². The Bertz CT molecular complexity index is 134. The van der Waals surface area contributed by atoms with E-state index < -0.39 is 0 Å². The first-order valence-electron chi connectivity index (χ1n) is 4.40. The molecule has 0 aromatic heterocycles. The van der Waals surface area contributed by atoms with E-state index in [2.05, 4.69) is 32.1 Å². The molecule has 0 bridgehead atoms. The molecule has 1 aliphatic rings. The van der Waals surface area contributed by atoms with Crippen molar-refractivity contribution in [3.05, 3.63) is 30.7 Å². The van der Waals surface area contributed by atoms with Crippen molar-refractivity contribution in [2.75, 3.05) is 0 Å². The van der Waals surface area contributed by atoms with Gasteiger partial charge in [0.1, 0.15) is 0 Å². The van der Waals surface area contributed by atoms with Crippen LogP contribution in [0.5, 0.6) is 0 Å². The third-order valence-electron chi connectivity index (χ3n) is 1.29. The Morgan fingerprint density at radius 3 is 2.42 bits per heavy atom. The Labute approximate surface area is 93.3 Å².